The van der Waals surface area contributed by atoms with Gasteiger partial charge in [-0.3, -0.25) is 15.6 Å². The van der Waals surface area contributed by atoms with Crippen molar-refractivity contribution >= 4 is 55.1 Å². The number of carbonyl (C=O) groups excluding carboxylic acids is 1. The van der Waals surface area contributed by atoms with E-state index in [1.165, 1.54) is 0 Å². The van der Waals surface area contributed by atoms with Crippen LogP contribution >= 0.6 is 44.1 Å². The van der Waals surface area contributed by atoms with Crippen molar-refractivity contribution in [3.63, 3.8) is 0 Å². The maximum absolute atomic E-state index is 11.6. The van der Waals surface area contributed by atoms with Crippen molar-refractivity contribution in [3.05, 3.63) is 26.6 Å². The van der Waals surface area contributed by atoms with Crippen molar-refractivity contribution in [2.24, 2.45) is 0 Å². The number of amides is 1. The number of aryl methyl sites for hydroxylation is 1. The van der Waals surface area contributed by atoms with Crippen LogP contribution in [-0.4, -0.2) is 24.2 Å². The summed E-state index contributed by atoms with van der Waals surface area (Å²) in [6.45, 7) is 4.39. The number of carbonyl (C=O) groups is 1. The highest BCUT2D eigenvalue weighted by Gasteiger charge is 2.09. The van der Waals surface area contributed by atoms with Gasteiger partial charge in [-0.15, -0.1) is 0 Å². The second kappa shape index (κ2) is 8.43. The van der Waals surface area contributed by atoms with Gasteiger partial charge < -0.3 is 10.1 Å². The van der Waals surface area contributed by atoms with Crippen molar-refractivity contribution in [2.45, 2.75) is 13.8 Å². The summed E-state index contributed by atoms with van der Waals surface area (Å²) in [6, 6.07) is 3.77. The van der Waals surface area contributed by atoms with Crippen molar-refractivity contribution in [3.8, 4) is 5.75 Å². The van der Waals surface area contributed by atoms with Crippen LogP contribution in [0, 0.1) is 6.92 Å². The van der Waals surface area contributed by atoms with Crippen molar-refractivity contribution in [1.82, 2.24) is 16.2 Å². The third-order valence-corrected chi connectivity index (χ3v) is 3.49. The first kappa shape index (κ1) is 17.2. The van der Waals surface area contributed by atoms with Crippen LogP contribution in [0.15, 0.2) is 21.1 Å². The highest BCUT2D eigenvalue weighted by atomic mass is 79.9. The summed E-state index contributed by atoms with van der Waals surface area (Å²) >= 11 is 11.7. The highest BCUT2D eigenvalue weighted by Crippen LogP contribution is 2.32. The van der Waals surface area contributed by atoms with E-state index in [9.17, 15) is 4.79 Å². The Kier molecular flexibility index (Phi) is 7.25. The molecule has 1 amide bonds. The molecular formula is C12H15Br2N3O2S. The minimum atomic E-state index is -0.320. The van der Waals surface area contributed by atoms with Gasteiger partial charge in [-0.25, -0.2) is 0 Å². The van der Waals surface area contributed by atoms with Crippen LogP contribution < -0.4 is 20.9 Å². The predicted molar refractivity (Wildman–Crippen MR) is 89.6 cm³/mol. The van der Waals surface area contributed by atoms with E-state index in [4.69, 9.17) is 17.0 Å². The largest absolute Gasteiger partial charge is 0.482 e. The maximum atomic E-state index is 11.6. The summed E-state index contributed by atoms with van der Waals surface area (Å²) in [5, 5.41) is 3.21. The lowest BCUT2D eigenvalue weighted by Crippen LogP contribution is -2.48. The smallest absolute Gasteiger partial charge is 0.276 e. The molecule has 0 spiro atoms. The Labute approximate surface area is 140 Å². The normalized spacial score (nSPS) is 9.80. The van der Waals surface area contributed by atoms with Crippen LogP contribution in [0.25, 0.3) is 0 Å². The number of thiocarbonyl (C=S) groups is 1. The van der Waals surface area contributed by atoms with Crippen LogP contribution in [-0.2, 0) is 4.79 Å². The summed E-state index contributed by atoms with van der Waals surface area (Å²) in [6.07, 6.45) is 0. The molecule has 0 heterocycles. The molecule has 20 heavy (non-hydrogen) atoms. The molecule has 0 fully saturated rings. The molecule has 8 heteroatoms. The molecule has 0 unspecified atom stereocenters. The number of hydrogen-bond donors (Lipinski definition) is 3. The summed E-state index contributed by atoms with van der Waals surface area (Å²) in [4.78, 5) is 11.6. The zero-order chi connectivity index (χ0) is 15.1. The fourth-order valence-electron chi connectivity index (χ4n) is 1.38. The zero-order valence-corrected chi connectivity index (χ0v) is 15.0. The van der Waals surface area contributed by atoms with Crippen molar-refractivity contribution in [2.75, 3.05) is 13.2 Å². The van der Waals surface area contributed by atoms with Gasteiger partial charge in [0.2, 0.25) is 0 Å². The topological polar surface area (TPSA) is 62.4 Å². The molecule has 1 rings (SSSR count). The summed E-state index contributed by atoms with van der Waals surface area (Å²) in [7, 11) is 0. The molecular weight excluding hydrogens is 410 g/mol. The SMILES string of the molecule is CCNC(=S)NNC(=O)COc1c(C)cc(Br)cc1Br. The molecule has 0 aliphatic carbocycles. The molecule has 110 valence electrons. The first-order valence-corrected chi connectivity index (χ1v) is 7.84. The number of halogens is 2. The van der Waals surface area contributed by atoms with Crippen LogP contribution in [0.2, 0.25) is 0 Å². The molecule has 0 saturated heterocycles. The average molecular weight is 425 g/mol. The van der Waals surface area contributed by atoms with E-state index >= 15 is 0 Å². The summed E-state index contributed by atoms with van der Waals surface area (Å²) in [5.41, 5.74) is 5.95. The van der Waals surface area contributed by atoms with Crippen LogP contribution in [0.1, 0.15) is 12.5 Å². The van der Waals surface area contributed by atoms with E-state index in [1.807, 2.05) is 26.0 Å². The summed E-state index contributed by atoms with van der Waals surface area (Å²) < 4.78 is 7.22. The number of hydrazine groups is 1. The average Bonchev–Trinajstić information content (AvgIpc) is 2.35. The molecule has 0 aromatic heterocycles. The second-order valence-corrected chi connectivity index (χ2v) is 6.03. The quantitative estimate of drug-likeness (QED) is 0.511. The van der Waals surface area contributed by atoms with Gasteiger partial charge in [-0.1, -0.05) is 15.9 Å². The van der Waals surface area contributed by atoms with Gasteiger partial charge in [0.1, 0.15) is 5.75 Å². The van der Waals surface area contributed by atoms with Gasteiger partial charge in [0.05, 0.1) is 4.47 Å². The van der Waals surface area contributed by atoms with Gasteiger partial charge in [0, 0.05) is 11.0 Å². The van der Waals surface area contributed by atoms with Gasteiger partial charge in [-0.2, -0.15) is 0 Å². The third-order valence-electron chi connectivity index (χ3n) is 2.19. The van der Waals surface area contributed by atoms with Crippen LogP contribution in [0.4, 0.5) is 0 Å². The van der Waals surface area contributed by atoms with Crippen LogP contribution in [0.5, 0.6) is 5.75 Å². The molecule has 0 aliphatic heterocycles. The van der Waals surface area contributed by atoms with Gasteiger partial charge >= 0.3 is 0 Å². The van der Waals surface area contributed by atoms with E-state index in [0.29, 0.717) is 17.4 Å². The monoisotopic (exact) mass is 423 g/mol. The molecule has 1 aromatic rings. The first-order chi connectivity index (χ1) is 9.43. The molecule has 0 bridgehead atoms. The highest BCUT2D eigenvalue weighted by molar-refractivity contribution is 9.11. The standard InChI is InChI=1S/C12H15Br2N3O2S/c1-3-15-12(20)17-16-10(18)6-19-11-7(2)4-8(13)5-9(11)14/h4-5H,3,6H2,1-2H3,(H,16,18)(H2,15,17,20). The minimum Gasteiger partial charge on any atom is -0.482 e. The van der Waals surface area contributed by atoms with Crippen LogP contribution in [0.3, 0.4) is 0 Å². The molecule has 5 nitrogen and oxygen atoms in total. The Balaban J connectivity index is 2.47. The summed E-state index contributed by atoms with van der Waals surface area (Å²) in [5.74, 6) is 0.317. The molecule has 0 saturated carbocycles. The van der Waals surface area contributed by atoms with E-state index < -0.39 is 0 Å². The molecule has 3 N–H and O–H groups in total. The lowest BCUT2D eigenvalue weighted by atomic mass is 10.2. The van der Waals surface area contributed by atoms with E-state index in [2.05, 4.69) is 48.0 Å². The van der Waals surface area contributed by atoms with Gasteiger partial charge in [-0.05, 0) is 59.7 Å². The Hall–Kier alpha value is -0.860. The number of rotatable bonds is 4. The number of hydrogen-bond acceptors (Lipinski definition) is 3. The second-order valence-electron chi connectivity index (χ2n) is 3.85. The molecule has 0 radical (unpaired) electrons. The first-order valence-electron chi connectivity index (χ1n) is 5.85. The van der Waals surface area contributed by atoms with E-state index in [0.717, 1.165) is 14.5 Å². The lowest BCUT2D eigenvalue weighted by Gasteiger charge is -2.13. The third kappa shape index (κ3) is 5.64. The van der Waals surface area contributed by atoms with Gasteiger partial charge in [0.15, 0.2) is 11.7 Å². The Bertz CT molecular complexity index is 488. The Morgan fingerprint density at radius 3 is 2.65 bits per heavy atom. The molecule has 1 aromatic carbocycles. The fourth-order valence-corrected chi connectivity index (χ4v) is 3.13. The molecule has 0 aliphatic rings. The van der Waals surface area contributed by atoms with E-state index in [1.54, 1.807) is 0 Å². The minimum absolute atomic E-state index is 0.108. The number of ether oxygens (including phenoxy) is 1. The van der Waals surface area contributed by atoms with Gasteiger partial charge in [0.25, 0.3) is 5.91 Å². The zero-order valence-electron chi connectivity index (χ0n) is 11.0. The number of benzene rings is 1. The molecule has 0 atom stereocenters. The Morgan fingerprint density at radius 1 is 1.35 bits per heavy atom. The number of nitrogens with one attached hydrogen (secondary N) is 3. The van der Waals surface area contributed by atoms with E-state index in [-0.39, 0.29) is 12.5 Å². The maximum Gasteiger partial charge on any atom is 0.276 e. The lowest BCUT2D eigenvalue weighted by molar-refractivity contribution is -0.123. The predicted octanol–water partition coefficient (Wildman–Crippen LogP) is 2.41. The Morgan fingerprint density at radius 2 is 2.05 bits per heavy atom. The van der Waals surface area contributed by atoms with Crippen molar-refractivity contribution in [1.29, 1.82) is 0 Å². The fraction of sp³-hybridized carbons (Fsp3) is 0.333. The van der Waals surface area contributed by atoms with Crippen molar-refractivity contribution < 1.29 is 9.53 Å².